The third-order valence-corrected chi connectivity index (χ3v) is 4.76. The Morgan fingerprint density at radius 3 is 2.86 bits per heavy atom. The van der Waals surface area contributed by atoms with E-state index in [2.05, 4.69) is 5.10 Å². The topological polar surface area (TPSA) is 55.1 Å². The van der Waals surface area contributed by atoms with Crippen LogP contribution in [0, 0.1) is 0 Å². The normalized spacial score (nSPS) is 14.3. The molecule has 0 spiro atoms. The van der Waals surface area contributed by atoms with Crippen LogP contribution >= 0.6 is 23.4 Å². The van der Waals surface area contributed by atoms with Crippen molar-refractivity contribution in [3.05, 3.63) is 46.6 Å². The number of carboxylic acid groups (broad SMARTS) is 1. The Kier molecular flexibility index (Phi) is 4.22. The lowest BCUT2D eigenvalue weighted by Gasteiger charge is -2.07. The summed E-state index contributed by atoms with van der Waals surface area (Å²) in [6.45, 7) is 0.564. The summed E-state index contributed by atoms with van der Waals surface area (Å²) in [5.41, 5.74) is 2.05. The van der Waals surface area contributed by atoms with Gasteiger partial charge in [-0.15, -0.1) is 0 Å². The second-order valence-corrected chi connectivity index (χ2v) is 6.52. The van der Waals surface area contributed by atoms with Gasteiger partial charge in [0.2, 0.25) is 0 Å². The molecule has 1 saturated carbocycles. The number of carbonyl (C=O) groups is 1. The molecule has 3 rings (SSSR count). The fourth-order valence-electron chi connectivity index (χ4n) is 2.15. The highest BCUT2D eigenvalue weighted by molar-refractivity contribution is 7.99. The van der Waals surface area contributed by atoms with Crippen LogP contribution in [0.25, 0.3) is 0 Å². The molecule has 6 heteroatoms. The van der Waals surface area contributed by atoms with E-state index in [1.807, 2.05) is 35.0 Å². The zero-order chi connectivity index (χ0) is 14.8. The Morgan fingerprint density at radius 1 is 1.43 bits per heavy atom. The van der Waals surface area contributed by atoms with Crippen molar-refractivity contribution in [3.63, 3.8) is 0 Å². The van der Waals surface area contributed by atoms with Gasteiger partial charge in [0.1, 0.15) is 0 Å². The molecule has 1 aromatic heterocycles. The molecule has 0 unspecified atom stereocenters. The number of thioether (sulfide) groups is 1. The molecule has 21 heavy (non-hydrogen) atoms. The summed E-state index contributed by atoms with van der Waals surface area (Å²) in [4.78, 5) is 10.8. The molecule has 0 amide bonds. The summed E-state index contributed by atoms with van der Waals surface area (Å²) in [6.07, 6.45) is 2.35. The first-order valence-corrected chi connectivity index (χ1v) is 8.15. The van der Waals surface area contributed by atoms with E-state index in [9.17, 15) is 4.79 Å². The molecular weight excluding hydrogens is 308 g/mol. The summed E-state index contributed by atoms with van der Waals surface area (Å²) in [5.74, 6) is -0.238. The van der Waals surface area contributed by atoms with E-state index >= 15 is 0 Å². The van der Waals surface area contributed by atoms with Crippen LogP contribution in [-0.4, -0.2) is 26.6 Å². The first-order valence-electron chi connectivity index (χ1n) is 6.79. The maximum Gasteiger partial charge on any atom is 0.313 e. The van der Waals surface area contributed by atoms with Crippen LogP contribution in [0.2, 0.25) is 5.02 Å². The second kappa shape index (κ2) is 6.12. The molecule has 1 fully saturated rings. The quantitative estimate of drug-likeness (QED) is 0.825. The predicted octanol–water partition coefficient (Wildman–Crippen LogP) is 3.64. The fourth-order valence-corrected chi connectivity index (χ4v) is 3.08. The number of carboxylic acids is 1. The van der Waals surface area contributed by atoms with Crippen molar-refractivity contribution in [2.75, 3.05) is 5.75 Å². The Morgan fingerprint density at radius 2 is 2.19 bits per heavy atom. The van der Waals surface area contributed by atoms with Gasteiger partial charge in [0.15, 0.2) is 0 Å². The van der Waals surface area contributed by atoms with Crippen LogP contribution in [0.5, 0.6) is 0 Å². The maximum absolute atomic E-state index is 10.8. The van der Waals surface area contributed by atoms with Gasteiger partial charge in [-0.25, -0.2) is 0 Å². The second-order valence-electron chi connectivity index (χ2n) is 5.11. The molecule has 1 N–H and O–H groups in total. The van der Waals surface area contributed by atoms with E-state index < -0.39 is 5.97 Å². The van der Waals surface area contributed by atoms with Gasteiger partial charge in [-0.3, -0.25) is 9.48 Å². The lowest BCUT2D eigenvalue weighted by molar-refractivity contribution is -0.133. The lowest BCUT2D eigenvalue weighted by atomic mass is 10.2. The summed E-state index contributed by atoms with van der Waals surface area (Å²) < 4.78 is 1.86. The smallest absolute Gasteiger partial charge is 0.313 e. The van der Waals surface area contributed by atoms with Crippen molar-refractivity contribution < 1.29 is 9.90 Å². The van der Waals surface area contributed by atoms with Crippen molar-refractivity contribution in [2.24, 2.45) is 0 Å². The van der Waals surface area contributed by atoms with Crippen LogP contribution in [-0.2, 0) is 11.3 Å². The predicted molar refractivity (Wildman–Crippen MR) is 83.1 cm³/mol. The number of hydrogen-bond donors (Lipinski definition) is 1. The zero-order valence-corrected chi connectivity index (χ0v) is 12.9. The summed E-state index contributed by atoms with van der Waals surface area (Å²) >= 11 is 7.50. The van der Waals surface area contributed by atoms with Crippen LogP contribution in [0.4, 0.5) is 0 Å². The average molecular weight is 323 g/mol. The molecule has 1 aromatic carbocycles. The van der Waals surface area contributed by atoms with E-state index in [-0.39, 0.29) is 5.75 Å². The molecule has 0 radical (unpaired) electrons. The summed E-state index contributed by atoms with van der Waals surface area (Å²) in [5, 5.41) is 15.1. The first-order chi connectivity index (χ1) is 10.1. The highest BCUT2D eigenvalue weighted by Gasteiger charge is 2.27. The van der Waals surface area contributed by atoms with Crippen LogP contribution in [0.3, 0.4) is 0 Å². The highest BCUT2D eigenvalue weighted by Crippen LogP contribution is 2.40. The fraction of sp³-hybridized carbons (Fsp3) is 0.333. The number of hydrogen-bond acceptors (Lipinski definition) is 3. The third-order valence-electron chi connectivity index (χ3n) is 3.38. The average Bonchev–Trinajstić information content (AvgIpc) is 3.22. The van der Waals surface area contributed by atoms with Gasteiger partial charge in [0, 0.05) is 10.9 Å². The van der Waals surface area contributed by atoms with E-state index in [0.717, 1.165) is 16.3 Å². The molecular formula is C15H15ClN2O2S. The van der Waals surface area contributed by atoms with Gasteiger partial charge in [0.05, 0.1) is 23.0 Å². The highest BCUT2D eigenvalue weighted by atomic mass is 35.5. The number of aromatic nitrogens is 2. The molecule has 0 saturated heterocycles. The number of rotatable bonds is 6. The molecule has 2 aromatic rings. The van der Waals surface area contributed by atoms with Gasteiger partial charge in [-0.05, 0) is 30.5 Å². The van der Waals surface area contributed by atoms with Gasteiger partial charge >= 0.3 is 5.97 Å². The molecule has 1 aliphatic rings. The number of nitrogens with zero attached hydrogens (tertiary/aromatic N) is 2. The minimum Gasteiger partial charge on any atom is -0.481 e. The minimum absolute atomic E-state index is 0.0400. The first kappa shape index (κ1) is 14.5. The summed E-state index contributed by atoms with van der Waals surface area (Å²) in [7, 11) is 0. The molecule has 4 nitrogen and oxygen atoms in total. The van der Waals surface area contributed by atoms with Crippen molar-refractivity contribution in [1.82, 2.24) is 9.78 Å². The molecule has 0 bridgehead atoms. The number of halogens is 1. The maximum atomic E-state index is 10.8. The SMILES string of the molecule is O=C(O)CSc1cc(C2CC2)nn1Cc1ccccc1Cl. The van der Waals surface area contributed by atoms with E-state index in [0.29, 0.717) is 17.5 Å². The lowest BCUT2D eigenvalue weighted by Crippen LogP contribution is -2.06. The molecule has 1 aliphatic carbocycles. The zero-order valence-electron chi connectivity index (χ0n) is 11.3. The van der Waals surface area contributed by atoms with Gasteiger partial charge in [0.25, 0.3) is 0 Å². The van der Waals surface area contributed by atoms with Gasteiger partial charge in [-0.1, -0.05) is 41.6 Å². The molecule has 0 aliphatic heterocycles. The van der Waals surface area contributed by atoms with E-state index in [1.165, 1.54) is 24.6 Å². The standard InChI is InChI=1S/C15H15ClN2O2S/c16-12-4-2-1-3-11(12)8-18-14(21-9-15(19)20)7-13(17-18)10-5-6-10/h1-4,7,10H,5-6,8-9H2,(H,19,20). The Hall–Kier alpha value is -1.46. The van der Waals surface area contributed by atoms with Crippen molar-refractivity contribution >= 4 is 29.3 Å². The summed E-state index contributed by atoms with van der Waals surface area (Å²) in [6, 6.07) is 9.67. The monoisotopic (exact) mass is 322 g/mol. The third kappa shape index (κ3) is 3.60. The number of aliphatic carboxylic acids is 1. The van der Waals surface area contributed by atoms with Crippen LogP contribution in [0.1, 0.15) is 30.0 Å². The van der Waals surface area contributed by atoms with Crippen LogP contribution < -0.4 is 0 Å². The largest absolute Gasteiger partial charge is 0.481 e. The molecule has 110 valence electrons. The number of benzene rings is 1. The Labute approximate surface area is 132 Å². The minimum atomic E-state index is -0.821. The van der Waals surface area contributed by atoms with Gasteiger partial charge < -0.3 is 5.11 Å². The molecule has 1 heterocycles. The molecule has 0 atom stereocenters. The van der Waals surface area contributed by atoms with Crippen molar-refractivity contribution in [3.8, 4) is 0 Å². The van der Waals surface area contributed by atoms with E-state index in [1.54, 1.807) is 0 Å². The van der Waals surface area contributed by atoms with Crippen molar-refractivity contribution in [1.29, 1.82) is 0 Å². The van der Waals surface area contributed by atoms with E-state index in [4.69, 9.17) is 16.7 Å². The van der Waals surface area contributed by atoms with Gasteiger partial charge in [-0.2, -0.15) is 5.10 Å². The Balaban J connectivity index is 1.84. The van der Waals surface area contributed by atoms with Crippen LogP contribution in [0.15, 0.2) is 35.4 Å². The Bertz CT molecular complexity index is 667. The van der Waals surface area contributed by atoms with Crippen molar-refractivity contribution in [2.45, 2.75) is 30.3 Å².